The zero-order chi connectivity index (χ0) is 16.3. The van der Waals surface area contributed by atoms with E-state index in [1.165, 1.54) is 13.2 Å². The molecule has 2 N–H and O–H groups in total. The predicted octanol–water partition coefficient (Wildman–Crippen LogP) is 1.34. The van der Waals surface area contributed by atoms with Crippen LogP contribution in [0.2, 0.25) is 5.02 Å². The molecular weight excluding hydrogens is 312 g/mol. The number of imide groups is 1. The maximum absolute atomic E-state index is 12.3. The number of ether oxygens (including phenoxy) is 2. The van der Waals surface area contributed by atoms with Crippen LogP contribution in [0.25, 0.3) is 0 Å². The number of hydrogen-bond donors (Lipinski definition) is 2. The molecule has 7 nitrogen and oxygen atoms in total. The maximum atomic E-state index is 12.3. The van der Waals surface area contributed by atoms with Gasteiger partial charge in [0.1, 0.15) is 5.75 Å². The van der Waals surface area contributed by atoms with Crippen molar-refractivity contribution in [3.05, 3.63) is 28.8 Å². The van der Waals surface area contributed by atoms with Crippen molar-refractivity contribution in [2.45, 2.75) is 18.9 Å². The fourth-order valence-corrected chi connectivity index (χ4v) is 2.52. The Labute approximate surface area is 131 Å². The standard InChI is InChI=1S/C14H15ClN2O5/c1-3-22-11(18)7-14(12(19)16-13(20)17-14)9-6-8(15)4-5-10(9)21-2/h4-6H,3,7H2,1-2H3,(H2,16,17,19,20). The minimum Gasteiger partial charge on any atom is -0.496 e. The first-order valence-electron chi connectivity index (χ1n) is 6.56. The van der Waals surface area contributed by atoms with E-state index in [4.69, 9.17) is 21.1 Å². The summed E-state index contributed by atoms with van der Waals surface area (Å²) in [7, 11) is 1.42. The number of halogens is 1. The van der Waals surface area contributed by atoms with E-state index in [0.717, 1.165) is 0 Å². The van der Waals surface area contributed by atoms with Crippen molar-refractivity contribution in [2.24, 2.45) is 0 Å². The van der Waals surface area contributed by atoms with E-state index in [1.54, 1.807) is 19.1 Å². The summed E-state index contributed by atoms with van der Waals surface area (Å²) in [6.07, 6.45) is -0.366. The summed E-state index contributed by atoms with van der Waals surface area (Å²) in [4.78, 5) is 35.8. The van der Waals surface area contributed by atoms with Crippen molar-refractivity contribution in [1.29, 1.82) is 0 Å². The molecule has 1 heterocycles. The van der Waals surface area contributed by atoms with Crippen LogP contribution in [0.3, 0.4) is 0 Å². The average Bonchev–Trinajstić information content (AvgIpc) is 2.74. The first-order valence-corrected chi connectivity index (χ1v) is 6.94. The average molecular weight is 327 g/mol. The minimum atomic E-state index is -1.61. The molecule has 1 aliphatic heterocycles. The number of carbonyl (C=O) groups is 3. The van der Waals surface area contributed by atoms with Gasteiger partial charge in [-0.25, -0.2) is 4.79 Å². The van der Waals surface area contributed by atoms with Gasteiger partial charge in [-0.05, 0) is 25.1 Å². The lowest BCUT2D eigenvalue weighted by molar-refractivity contribution is -0.147. The van der Waals surface area contributed by atoms with E-state index in [9.17, 15) is 14.4 Å². The highest BCUT2D eigenvalue weighted by atomic mass is 35.5. The Bertz CT molecular complexity index is 634. The van der Waals surface area contributed by atoms with Crippen LogP contribution in [0, 0.1) is 0 Å². The van der Waals surface area contributed by atoms with E-state index in [2.05, 4.69) is 10.6 Å². The highest BCUT2D eigenvalue weighted by Gasteiger charge is 2.51. The molecule has 1 atom stereocenters. The van der Waals surface area contributed by atoms with E-state index < -0.39 is 23.4 Å². The number of benzene rings is 1. The normalized spacial score (nSPS) is 20.3. The van der Waals surface area contributed by atoms with Gasteiger partial charge in [-0.15, -0.1) is 0 Å². The topological polar surface area (TPSA) is 93.7 Å². The number of amides is 3. The van der Waals surface area contributed by atoms with Gasteiger partial charge < -0.3 is 14.8 Å². The van der Waals surface area contributed by atoms with Gasteiger partial charge in [0.25, 0.3) is 5.91 Å². The van der Waals surface area contributed by atoms with Gasteiger partial charge in [0.05, 0.1) is 20.1 Å². The van der Waals surface area contributed by atoms with Crippen molar-refractivity contribution >= 4 is 29.5 Å². The number of urea groups is 1. The molecule has 0 radical (unpaired) electrons. The predicted molar refractivity (Wildman–Crippen MR) is 77.6 cm³/mol. The third kappa shape index (κ3) is 2.85. The van der Waals surface area contributed by atoms with Crippen molar-refractivity contribution in [3.8, 4) is 5.75 Å². The molecule has 8 heteroatoms. The Morgan fingerprint density at radius 1 is 1.36 bits per heavy atom. The van der Waals surface area contributed by atoms with Crippen molar-refractivity contribution in [2.75, 3.05) is 13.7 Å². The number of esters is 1. The lowest BCUT2D eigenvalue weighted by Gasteiger charge is -2.27. The van der Waals surface area contributed by atoms with E-state index in [-0.39, 0.29) is 13.0 Å². The number of methoxy groups -OCH3 is 1. The van der Waals surface area contributed by atoms with Gasteiger partial charge in [-0.1, -0.05) is 11.6 Å². The molecule has 0 spiro atoms. The molecular formula is C14H15ClN2O5. The summed E-state index contributed by atoms with van der Waals surface area (Å²) in [6, 6.07) is 3.92. The number of hydrogen-bond acceptors (Lipinski definition) is 5. The van der Waals surface area contributed by atoms with Crippen molar-refractivity contribution < 1.29 is 23.9 Å². The summed E-state index contributed by atoms with van der Waals surface area (Å²) in [6.45, 7) is 1.81. The highest BCUT2D eigenvalue weighted by Crippen LogP contribution is 2.37. The molecule has 2 rings (SSSR count). The fraction of sp³-hybridized carbons (Fsp3) is 0.357. The Balaban J connectivity index is 2.54. The Kier molecular flexibility index (Phi) is 4.56. The summed E-state index contributed by atoms with van der Waals surface area (Å²) in [5.74, 6) is -0.959. The van der Waals surface area contributed by atoms with Gasteiger partial charge in [-0.3, -0.25) is 14.9 Å². The third-order valence-corrected chi connectivity index (χ3v) is 3.51. The lowest BCUT2D eigenvalue weighted by atomic mass is 9.86. The molecule has 0 saturated carbocycles. The van der Waals surface area contributed by atoms with Crippen LogP contribution in [0.4, 0.5) is 4.79 Å². The van der Waals surface area contributed by atoms with Crippen LogP contribution in [0.1, 0.15) is 18.9 Å². The molecule has 1 saturated heterocycles. The van der Waals surface area contributed by atoms with Gasteiger partial charge in [0.15, 0.2) is 5.54 Å². The second-order valence-electron chi connectivity index (χ2n) is 4.64. The van der Waals surface area contributed by atoms with E-state index in [1.807, 2.05) is 0 Å². The largest absolute Gasteiger partial charge is 0.496 e. The van der Waals surface area contributed by atoms with Crippen LogP contribution in [-0.2, 0) is 19.9 Å². The molecule has 118 valence electrons. The second-order valence-corrected chi connectivity index (χ2v) is 5.08. The molecule has 1 aromatic carbocycles. The van der Waals surface area contributed by atoms with Crippen LogP contribution in [0.15, 0.2) is 18.2 Å². The van der Waals surface area contributed by atoms with Crippen LogP contribution in [-0.4, -0.2) is 31.6 Å². The van der Waals surface area contributed by atoms with Gasteiger partial charge in [-0.2, -0.15) is 0 Å². The SMILES string of the molecule is CCOC(=O)CC1(c2cc(Cl)ccc2OC)NC(=O)NC1=O. The van der Waals surface area contributed by atoms with Crippen molar-refractivity contribution in [1.82, 2.24) is 10.6 Å². The molecule has 3 amide bonds. The first kappa shape index (κ1) is 16.1. The molecule has 1 aliphatic rings. The summed E-state index contributed by atoms with van der Waals surface area (Å²) < 4.78 is 10.1. The zero-order valence-electron chi connectivity index (χ0n) is 12.1. The summed E-state index contributed by atoms with van der Waals surface area (Å²) >= 11 is 5.98. The van der Waals surface area contributed by atoms with Gasteiger partial charge >= 0.3 is 12.0 Å². The Hall–Kier alpha value is -2.28. The van der Waals surface area contributed by atoms with E-state index in [0.29, 0.717) is 16.3 Å². The highest BCUT2D eigenvalue weighted by molar-refractivity contribution is 6.30. The molecule has 0 aliphatic carbocycles. The zero-order valence-corrected chi connectivity index (χ0v) is 12.8. The van der Waals surface area contributed by atoms with E-state index >= 15 is 0 Å². The van der Waals surface area contributed by atoms with Crippen LogP contribution < -0.4 is 15.4 Å². The molecule has 1 unspecified atom stereocenters. The van der Waals surface area contributed by atoms with Crippen LogP contribution >= 0.6 is 11.6 Å². The number of nitrogens with one attached hydrogen (secondary N) is 2. The molecule has 1 fully saturated rings. The fourth-order valence-electron chi connectivity index (χ4n) is 2.34. The lowest BCUT2D eigenvalue weighted by Crippen LogP contribution is -2.46. The summed E-state index contributed by atoms with van der Waals surface area (Å²) in [5.41, 5.74) is -1.32. The molecule has 22 heavy (non-hydrogen) atoms. The number of rotatable bonds is 5. The molecule has 1 aromatic rings. The molecule has 0 bridgehead atoms. The quantitative estimate of drug-likeness (QED) is 0.629. The molecule has 0 aromatic heterocycles. The van der Waals surface area contributed by atoms with Gasteiger partial charge in [0, 0.05) is 10.6 Å². The monoisotopic (exact) mass is 326 g/mol. The minimum absolute atomic E-state index is 0.164. The Morgan fingerprint density at radius 2 is 2.09 bits per heavy atom. The van der Waals surface area contributed by atoms with Gasteiger partial charge in [0.2, 0.25) is 0 Å². The second kappa shape index (κ2) is 6.23. The van der Waals surface area contributed by atoms with Crippen molar-refractivity contribution in [3.63, 3.8) is 0 Å². The number of carbonyl (C=O) groups excluding carboxylic acids is 3. The Morgan fingerprint density at radius 3 is 2.64 bits per heavy atom. The maximum Gasteiger partial charge on any atom is 0.322 e. The smallest absolute Gasteiger partial charge is 0.322 e. The van der Waals surface area contributed by atoms with Crippen LogP contribution in [0.5, 0.6) is 5.75 Å². The first-order chi connectivity index (χ1) is 10.4. The third-order valence-electron chi connectivity index (χ3n) is 3.28. The summed E-state index contributed by atoms with van der Waals surface area (Å²) in [5, 5.41) is 4.96.